The lowest BCUT2D eigenvalue weighted by Crippen LogP contribution is -2.49. The minimum absolute atomic E-state index is 0.225. The van der Waals surface area contributed by atoms with E-state index in [1.54, 1.807) is 0 Å². The lowest BCUT2D eigenvalue weighted by atomic mass is 9.78. The fraction of sp³-hybridized carbons (Fsp3) is 0.591. The van der Waals surface area contributed by atoms with Gasteiger partial charge in [-0.05, 0) is 56.6 Å². The Morgan fingerprint density at radius 3 is 2.24 bits per heavy atom. The van der Waals surface area contributed by atoms with Crippen molar-refractivity contribution in [2.75, 3.05) is 13.1 Å². The van der Waals surface area contributed by atoms with E-state index in [1.165, 1.54) is 42.7 Å². The highest BCUT2D eigenvalue weighted by molar-refractivity contribution is 6.43. The van der Waals surface area contributed by atoms with Crippen LogP contribution < -0.4 is 0 Å². The summed E-state index contributed by atoms with van der Waals surface area (Å²) in [5, 5.41) is 0.531. The van der Waals surface area contributed by atoms with Crippen LogP contribution in [0.15, 0.2) is 12.1 Å². The molecule has 1 aromatic carbocycles. The second-order valence-corrected chi connectivity index (χ2v) is 9.19. The van der Waals surface area contributed by atoms with Crippen LogP contribution in [0.4, 0.5) is 0 Å². The zero-order chi connectivity index (χ0) is 20.5. The molecule has 2 unspecified atom stereocenters. The molecule has 2 aliphatic heterocycles. The Hall–Kier alpha value is -1.59. The van der Waals surface area contributed by atoms with Gasteiger partial charge in [0.25, 0.3) is 11.8 Å². The first-order valence-corrected chi connectivity index (χ1v) is 11.4. The molecule has 1 saturated heterocycles. The zero-order valence-corrected chi connectivity index (χ0v) is 18.0. The Bertz CT molecular complexity index is 799. The van der Waals surface area contributed by atoms with Crippen LogP contribution in [0.2, 0.25) is 10.0 Å². The first-order chi connectivity index (χ1) is 14.0. The van der Waals surface area contributed by atoms with Crippen molar-refractivity contribution in [3.05, 3.63) is 33.3 Å². The minimum atomic E-state index is -0.337. The molecular weight excluding hydrogens is 411 g/mol. The van der Waals surface area contributed by atoms with Gasteiger partial charge in [-0.2, -0.15) is 0 Å². The van der Waals surface area contributed by atoms with Crippen molar-refractivity contribution < 1.29 is 14.4 Å². The molecule has 2 atom stereocenters. The average molecular weight is 437 g/mol. The third-order valence-corrected chi connectivity index (χ3v) is 7.32. The Labute approximate surface area is 181 Å². The van der Waals surface area contributed by atoms with Gasteiger partial charge in [-0.25, -0.2) is 0 Å². The highest BCUT2D eigenvalue weighted by Crippen LogP contribution is 2.36. The van der Waals surface area contributed by atoms with Gasteiger partial charge < -0.3 is 4.90 Å². The molecule has 2 heterocycles. The SMILES string of the molecule is O=C1c2cc(Cl)c(Cl)cc2C(=O)N1CCCCC(=O)N1CCCC2CCCCC21. The molecule has 0 radical (unpaired) electrons. The van der Waals surface area contributed by atoms with Gasteiger partial charge in [0.2, 0.25) is 5.91 Å². The van der Waals surface area contributed by atoms with Gasteiger partial charge in [0.1, 0.15) is 0 Å². The maximum Gasteiger partial charge on any atom is 0.261 e. The van der Waals surface area contributed by atoms with Crippen LogP contribution in [-0.2, 0) is 4.79 Å². The second kappa shape index (κ2) is 8.65. The number of unbranched alkanes of at least 4 members (excludes halogenated alkanes) is 1. The Balaban J connectivity index is 1.29. The van der Waals surface area contributed by atoms with Crippen LogP contribution in [0.1, 0.15) is 78.5 Å². The average Bonchev–Trinajstić information content (AvgIpc) is 2.95. The summed E-state index contributed by atoms with van der Waals surface area (Å²) in [6.45, 7) is 1.18. The third-order valence-electron chi connectivity index (χ3n) is 6.60. The summed E-state index contributed by atoms with van der Waals surface area (Å²) in [5.74, 6) is 0.230. The Morgan fingerprint density at radius 1 is 0.931 bits per heavy atom. The lowest BCUT2D eigenvalue weighted by molar-refractivity contribution is -0.137. The number of piperidine rings is 1. The molecule has 5 nitrogen and oxygen atoms in total. The van der Waals surface area contributed by atoms with Crippen molar-refractivity contribution in [1.29, 1.82) is 0 Å². The van der Waals surface area contributed by atoms with Gasteiger partial charge in [0.15, 0.2) is 0 Å². The summed E-state index contributed by atoms with van der Waals surface area (Å²) < 4.78 is 0. The predicted molar refractivity (Wildman–Crippen MR) is 112 cm³/mol. The monoisotopic (exact) mass is 436 g/mol. The molecule has 29 heavy (non-hydrogen) atoms. The van der Waals surface area contributed by atoms with Crippen molar-refractivity contribution in [1.82, 2.24) is 9.80 Å². The number of amides is 3. The molecule has 0 spiro atoms. The van der Waals surface area contributed by atoms with E-state index >= 15 is 0 Å². The molecule has 3 aliphatic rings. The summed E-state index contributed by atoms with van der Waals surface area (Å²) in [6, 6.07) is 3.34. The molecule has 4 rings (SSSR count). The summed E-state index contributed by atoms with van der Waals surface area (Å²) in [4.78, 5) is 41.2. The molecule has 0 bridgehead atoms. The molecule has 156 valence electrons. The number of imide groups is 1. The van der Waals surface area contributed by atoms with Crippen molar-refractivity contribution in [2.24, 2.45) is 5.92 Å². The van der Waals surface area contributed by atoms with E-state index < -0.39 is 0 Å². The maximum atomic E-state index is 12.8. The largest absolute Gasteiger partial charge is 0.339 e. The fourth-order valence-corrected chi connectivity index (χ4v) is 5.44. The number of rotatable bonds is 5. The number of nitrogens with zero attached hydrogens (tertiary/aromatic N) is 2. The fourth-order valence-electron chi connectivity index (χ4n) is 5.11. The Morgan fingerprint density at radius 2 is 1.55 bits per heavy atom. The topological polar surface area (TPSA) is 57.7 Å². The van der Waals surface area contributed by atoms with Crippen molar-refractivity contribution in [2.45, 2.75) is 63.8 Å². The van der Waals surface area contributed by atoms with Gasteiger partial charge in [-0.15, -0.1) is 0 Å². The van der Waals surface area contributed by atoms with Crippen LogP contribution >= 0.6 is 23.2 Å². The summed E-state index contributed by atoms with van der Waals surface area (Å²) in [6.07, 6.45) is 9.01. The number of fused-ring (bicyclic) bond motifs is 2. The number of carbonyl (C=O) groups excluding carboxylic acids is 3. The van der Waals surface area contributed by atoms with E-state index in [9.17, 15) is 14.4 Å². The van der Waals surface area contributed by atoms with Crippen molar-refractivity contribution in [3.63, 3.8) is 0 Å². The van der Waals surface area contributed by atoms with E-state index in [-0.39, 0.29) is 27.8 Å². The number of benzene rings is 1. The van der Waals surface area contributed by atoms with Crippen LogP contribution in [0.25, 0.3) is 0 Å². The number of likely N-dealkylation sites (tertiary alicyclic amines) is 1. The molecule has 1 aromatic rings. The molecule has 2 fully saturated rings. The quantitative estimate of drug-likeness (QED) is 0.484. The van der Waals surface area contributed by atoms with E-state index in [2.05, 4.69) is 4.90 Å². The number of carbonyl (C=O) groups is 3. The van der Waals surface area contributed by atoms with Gasteiger partial charge in [-0.3, -0.25) is 19.3 Å². The summed E-state index contributed by atoms with van der Waals surface area (Å²) in [5.41, 5.74) is 0.606. The van der Waals surface area contributed by atoms with Crippen molar-refractivity contribution >= 4 is 40.9 Å². The molecule has 1 saturated carbocycles. The van der Waals surface area contributed by atoms with E-state index in [0.29, 0.717) is 48.9 Å². The minimum Gasteiger partial charge on any atom is -0.339 e. The highest BCUT2D eigenvalue weighted by atomic mass is 35.5. The van der Waals surface area contributed by atoms with Gasteiger partial charge >= 0.3 is 0 Å². The van der Waals surface area contributed by atoms with Crippen molar-refractivity contribution in [3.8, 4) is 0 Å². The molecule has 0 aromatic heterocycles. The van der Waals surface area contributed by atoms with E-state index in [1.807, 2.05) is 0 Å². The van der Waals surface area contributed by atoms with Gasteiger partial charge in [0, 0.05) is 25.6 Å². The standard InChI is InChI=1S/C22H26Cl2N2O3/c23-17-12-15-16(13-18(17)24)22(29)26(21(15)28)10-4-3-9-20(27)25-11-5-7-14-6-1-2-8-19(14)25/h12-14,19H,1-11H2. The lowest BCUT2D eigenvalue weighted by Gasteiger charge is -2.44. The Kier molecular flexibility index (Phi) is 6.16. The molecule has 7 heteroatoms. The van der Waals surface area contributed by atoms with Crippen LogP contribution in [-0.4, -0.2) is 46.7 Å². The van der Waals surface area contributed by atoms with E-state index in [4.69, 9.17) is 23.2 Å². The highest BCUT2D eigenvalue weighted by Gasteiger charge is 2.37. The number of hydrogen-bond donors (Lipinski definition) is 0. The van der Waals surface area contributed by atoms with E-state index in [0.717, 1.165) is 19.4 Å². The van der Waals surface area contributed by atoms with Gasteiger partial charge in [-0.1, -0.05) is 36.0 Å². The molecule has 0 N–H and O–H groups in total. The summed E-state index contributed by atoms with van der Waals surface area (Å²) in [7, 11) is 0. The molecular formula is C22H26Cl2N2O3. The smallest absolute Gasteiger partial charge is 0.261 e. The van der Waals surface area contributed by atoms with Crippen LogP contribution in [0.3, 0.4) is 0 Å². The number of halogens is 2. The van der Waals surface area contributed by atoms with Gasteiger partial charge in [0.05, 0.1) is 21.2 Å². The first-order valence-electron chi connectivity index (χ1n) is 10.6. The maximum absolute atomic E-state index is 12.8. The summed E-state index contributed by atoms with van der Waals surface area (Å²) >= 11 is 12.0. The second-order valence-electron chi connectivity index (χ2n) is 8.37. The number of hydrogen-bond acceptors (Lipinski definition) is 3. The van der Waals surface area contributed by atoms with Crippen LogP contribution in [0.5, 0.6) is 0 Å². The molecule has 1 aliphatic carbocycles. The predicted octanol–water partition coefficient (Wildman–Crippen LogP) is 4.94. The zero-order valence-electron chi connectivity index (χ0n) is 16.5. The third kappa shape index (κ3) is 4.04. The molecule has 3 amide bonds. The normalized spacial score (nSPS) is 23.9. The first kappa shape index (κ1) is 20.7. The van der Waals surface area contributed by atoms with Crippen LogP contribution in [0, 0.1) is 5.92 Å².